The zero-order chi connectivity index (χ0) is 32.5. The van der Waals surface area contributed by atoms with E-state index in [4.69, 9.17) is 14.6 Å². The second-order valence-corrected chi connectivity index (χ2v) is 13.6. The third kappa shape index (κ3) is 6.64. The van der Waals surface area contributed by atoms with Crippen LogP contribution in [0.4, 0.5) is 0 Å². The largest absolute Gasteiger partial charge is 0.497 e. The quantitative estimate of drug-likeness (QED) is 0.295. The summed E-state index contributed by atoms with van der Waals surface area (Å²) < 4.78 is 37.2. The Kier molecular flexibility index (Phi) is 9.68. The molecule has 2 aliphatic rings. The van der Waals surface area contributed by atoms with Crippen LogP contribution in [0, 0.1) is 0 Å². The van der Waals surface area contributed by atoms with Gasteiger partial charge in [-0.15, -0.1) is 0 Å². The molecule has 0 bridgehead atoms. The highest BCUT2D eigenvalue weighted by molar-refractivity contribution is 7.86. The Hall–Kier alpha value is -3.71. The first-order valence-corrected chi connectivity index (χ1v) is 16.8. The predicted octanol–water partition coefficient (Wildman–Crippen LogP) is 4.46. The van der Waals surface area contributed by atoms with Crippen molar-refractivity contribution in [2.75, 3.05) is 47.5 Å². The number of carbonyl (C=O) groups is 2. The third-order valence-electron chi connectivity index (χ3n) is 9.18. The van der Waals surface area contributed by atoms with Gasteiger partial charge in [0.2, 0.25) is 0 Å². The highest BCUT2D eigenvalue weighted by atomic mass is 32.2. The van der Waals surface area contributed by atoms with Crippen LogP contribution >= 0.6 is 0 Å². The average Bonchev–Trinajstić information content (AvgIpc) is 3.28. The number of ether oxygens (including phenoxy) is 2. The van der Waals surface area contributed by atoms with E-state index in [2.05, 4.69) is 10.6 Å². The first-order chi connectivity index (χ1) is 21.4. The molecule has 1 amide bonds. The summed E-state index contributed by atoms with van der Waals surface area (Å²) in [6, 6.07) is 11.3. The number of methoxy groups -OCH3 is 1. The van der Waals surface area contributed by atoms with E-state index in [0.29, 0.717) is 17.2 Å². The van der Waals surface area contributed by atoms with Gasteiger partial charge < -0.3 is 24.0 Å². The van der Waals surface area contributed by atoms with Crippen molar-refractivity contribution < 1.29 is 32.6 Å². The fourth-order valence-electron chi connectivity index (χ4n) is 6.56. The smallest absolute Gasteiger partial charge is 0.335 e. The van der Waals surface area contributed by atoms with E-state index in [9.17, 15) is 23.1 Å². The number of likely N-dealkylation sites (N-methyl/N-ethyl adjacent to an activating group) is 2. The molecule has 5 rings (SSSR count). The summed E-state index contributed by atoms with van der Waals surface area (Å²) in [7, 11) is 0.922. The van der Waals surface area contributed by atoms with Crippen LogP contribution in [0.25, 0.3) is 27.7 Å². The Morgan fingerprint density at radius 3 is 2.40 bits per heavy atom. The lowest BCUT2D eigenvalue weighted by atomic mass is 9.81. The molecule has 1 aliphatic heterocycles. The third-order valence-corrected chi connectivity index (χ3v) is 10.2. The second-order valence-electron chi connectivity index (χ2n) is 11.9. The van der Waals surface area contributed by atoms with Gasteiger partial charge in [-0.1, -0.05) is 25.3 Å². The Morgan fingerprint density at radius 2 is 1.73 bits per heavy atom. The lowest BCUT2D eigenvalue weighted by Crippen LogP contribution is -2.36. The van der Waals surface area contributed by atoms with Crippen molar-refractivity contribution in [1.82, 2.24) is 13.8 Å². The van der Waals surface area contributed by atoms with Crippen LogP contribution in [0.5, 0.6) is 5.75 Å². The van der Waals surface area contributed by atoms with Crippen LogP contribution in [0.1, 0.15) is 66.4 Å². The molecule has 1 aromatic heterocycles. The molecule has 0 unspecified atom stereocenters. The predicted molar refractivity (Wildman–Crippen MR) is 173 cm³/mol. The van der Waals surface area contributed by atoms with Crippen LogP contribution in [0.15, 0.2) is 42.0 Å². The van der Waals surface area contributed by atoms with Gasteiger partial charge in [-0.3, -0.25) is 4.79 Å². The number of aromatic nitrogens is 1. The summed E-state index contributed by atoms with van der Waals surface area (Å²) in [5.74, 6) is -0.157. The van der Waals surface area contributed by atoms with Crippen LogP contribution in [-0.2, 0) is 26.3 Å². The molecule has 0 radical (unpaired) electrons. The lowest BCUT2D eigenvalue weighted by Gasteiger charge is -2.24. The number of carbonyl (C=O) groups excluding carboxylic acids is 1. The molecule has 3 aromatic rings. The summed E-state index contributed by atoms with van der Waals surface area (Å²) >= 11 is 0. The van der Waals surface area contributed by atoms with Gasteiger partial charge in [-0.25, -0.2) is 9.93 Å². The maximum absolute atomic E-state index is 14.1. The molecule has 0 atom stereocenters. The van der Waals surface area contributed by atoms with Gasteiger partial charge in [0.15, 0.2) is 0 Å². The molecule has 2 aromatic carbocycles. The molecule has 0 saturated heterocycles. The molecule has 1 aliphatic carbocycles. The lowest BCUT2D eigenvalue weighted by molar-refractivity contribution is -0.126. The summed E-state index contributed by atoms with van der Waals surface area (Å²) in [5, 5.41) is 16.0. The van der Waals surface area contributed by atoms with Gasteiger partial charge in [0.25, 0.3) is 16.1 Å². The minimum absolute atomic E-state index is 0.102. The Labute approximate surface area is 264 Å². The molecule has 12 heteroatoms. The van der Waals surface area contributed by atoms with Gasteiger partial charge in [-0.2, -0.15) is 12.7 Å². The van der Waals surface area contributed by atoms with E-state index in [1.54, 1.807) is 31.2 Å². The van der Waals surface area contributed by atoms with E-state index < -0.39 is 16.2 Å². The second kappa shape index (κ2) is 13.3. The molecule has 1 saturated carbocycles. The molecular weight excluding hydrogens is 596 g/mol. The summed E-state index contributed by atoms with van der Waals surface area (Å²) in [4.78, 5) is 27.8. The van der Waals surface area contributed by atoms with Crippen molar-refractivity contribution >= 4 is 38.6 Å². The molecular formula is C33H42N4O7S. The van der Waals surface area contributed by atoms with Crippen LogP contribution in [-0.4, -0.2) is 86.7 Å². The number of carboxylic acids is 1. The van der Waals surface area contributed by atoms with Crippen molar-refractivity contribution in [3.63, 3.8) is 0 Å². The number of allylic oxidation sites excluding steroid dienone is 1. The molecule has 3 N–H and O–H groups in total. The Balaban J connectivity index is 1.56. The van der Waals surface area contributed by atoms with Gasteiger partial charge in [-0.05, 0) is 72.7 Å². The molecule has 1 fully saturated rings. The minimum atomic E-state index is -3.79. The van der Waals surface area contributed by atoms with E-state index in [-0.39, 0.29) is 44.3 Å². The number of aromatic carboxylic acids is 1. The number of hydrogen-bond acceptors (Lipinski definition) is 6. The Bertz CT molecular complexity index is 1760. The van der Waals surface area contributed by atoms with E-state index >= 15 is 0 Å². The zero-order valence-electron chi connectivity index (χ0n) is 26.3. The fourth-order valence-corrected chi connectivity index (χ4v) is 6.89. The molecule has 2 heterocycles. The molecule has 242 valence electrons. The summed E-state index contributed by atoms with van der Waals surface area (Å²) in [6.07, 6.45) is 5.62. The first-order valence-electron chi connectivity index (χ1n) is 15.3. The maximum Gasteiger partial charge on any atom is 0.335 e. The monoisotopic (exact) mass is 638 g/mol. The standard InChI is InChI=1S/C33H42N4O7S/c1-21-27-19-24(43-4)11-13-25(27)31-30(22-8-6-5-7-9-22)26-12-10-23(33(39)40)18-29(26)37(31)20-28(21)32(38)35(2)14-16-44-17-15-36(3)45(34,41)42/h10-13,18-19,22H,5-9,14-17,20H2,1-4H3,(H,39,40)(H2,34,41,42). The summed E-state index contributed by atoms with van der Waals surface area (Å²) in [5.41, 5.74) is 6.58. The number of nitrogens with two attached hydrogens (primary N) is 1. The van der Waals surface area contributed by atoms with Crippen molar-refractivity contribution in [3.05, 3.63) is 58.7 Å². The number of fused-ring (bicyclic) bond motifs is 5. The fraction of sp³-hybridized carbons (Fsp3) is 0.455. The SMILES string of the molecule is COc1ccc2c(c1)C(C)=C(C(=O)N(C)CCOCCN(C)S(N)(=O)=O)Cn1c-2c(C2CCCCC2)c2ccc(C(=O)O)cc21. The van der Waals surface area contributed by atoms with Crippen molar-refractivity contribution in [2.45, 2.75) is 51.5 Å². The van der Waals surface area contributed by atoms with Gasteiger partial charge in [0.1, 0.15) is 5.75 Å². The normalized spacial score (nSPS) is 15.6. The van der Waals surface area contributed by atoms with Crippen molar-refractivity contribution in [2.24, 2.45) is 5.14 Å². The van der Waals surface area contributed by atoms with E-state index in [1.165, 1.54) is 19.0 Å². The van der Waals surface area contributed by atoms with E-state index in [0.717, 1.165) is 63.3 Å². The van der Waals surface area contributed by atoms with Crippen molar-refractivity contribution in [1.29, 1.82) is 0 Å². The number of rotatable bonds is 11. The highest BCUT2D eigenvalue weighted by Crippen LogP contribution is 2.48. The van der Waals surface area contributed by atoms with Crippen LogP contribution in [0.2, 0.25) is 0 Å². The zero-order valence-corrected chi connectivity index (χ0v) is 27.2. The number of nitrogens with zero attached hydrogens (tertiary/aromatic N) is 3. The molecule has 11 nitrogen and oxygen atoms in total. The number of amides is 1. The van der Waals surface area contributed by atoms with Crippen LogP contribution in [0.3, 0.4) is 0 Å². The highest BCUT2D eigenvalue weighted by Gasteiger charge is 2.32. The Morgan fingerprint density at radius 1 is 1.02 bits per heavy atom. The number of carboxylic acid groups (broad SMARTS) is 1. The number of benzene rings is 2. The average molecular weight is 639 g/mol. The van der Waals surface area contributed by atoms with Crippen LogP contribution < -0.4 is 9.88 Å². The number of hydrogen-bond donors (Lipinski definition) is 2. The van der Waals surface area contributed by atoms with Gasteiger partial charge in [0.05, 0.1) is 38.1 Å². The molecule has 45 heavy (non-hydrogen) atoms. The first kappa shape index (κ1) is 32.7. The summed E-state index contributed by atoms with van der Waals surface area (Å²) in [6.45, 7) is 2.96. The van der Waals surface area contributed by atoms with Gasteiger partial charge >= 0.3 is 5.97 Å². The minimum Gasteiger partial charge on any atom is -0.497 e. The molecule has 0 spiro atoms. The van der Waals surface area contributed by atoms with Gasteiger partial charge in [0, 0.05) is 49.2 Å². The van der Waals surface area contributed by atoms with E-state index in [1.807, 2.05) is 25.1 Å². The maximum atomic E-state index is 14.1. The van der Waals surface area contributed by atoms with Crippen molar-refractivity contribution in [3.8, 4) is 17.0 Å². The topological polar surface area (TPSA) is 144 Å².